The molecule has 1 rings (SSSR count). The lowest BCUT2D eigenvalue weighted by atomic mass is 10.1. The predicted octanol–water partition coefficient (Wildman–Crippen LogP) is 1.04. The van der Waals surface area contributed by atoms with Crippen LogP contribution in [-0.2, 0) is 14.3 Å². The monoisotopic (exact) mass is 222 g/mol. The first-order valence-corrected chi connectivity index (χ1v) is 5.15. The molecule has 0 amide bonds. The Balaban J connectivity index is 2.53. The molecule has 0 aliphatic carbocycles. The first kappa shape index (κ1) is 11.8. The summed E-state index contributed by atoms with van der Waals surface area (Å²) < 4.78 is 10.2. The van der Waals surface area contributed by atoms with Crippen molar-refractivity contribution in [3.05, 3.63) is 0 Å². The molecule has 0 spiro atoms. The maximum absolute atomic E-state index is 11.1. The van der Waals surface area contributed by atoms with E-state index in [1.807, 2.05) is 0 Å². The molecular formula is C9H15ClO4. The third kappa shape index (κ3) is 2.83. The topological polar surface area (TPSA) is 55.8 Å². The summed E-state index contributed by atoms with van der Waals surface area (Å²) in [5.74, 6) is -0.299. The molecule has 1 fully saturated rings. The van der Waals surface area contributed by atoms with Crippen LogP contribution in [0.1, 0.15) is 26.7 Å². The molecule has 82 valence electrons. The molecule has 1 N–H and O–H groups in total. The SMILES string of the molecule is CCC(=O)O[C@@H]1[C@H](C)OC(O)C[C@@H]1Cl. The van der Waals surface area contributed by atoms with Crippen molar-refractivity contribution >= 4 is 17.6 Å². The fourth-order valence-electron chi connectivity index (χ4n) is 1.41. The second kappa shape index (κ2) is 4.96. The molecule has 1 unspecified atom stereocenters. The molecule has 1 heterocycles. The number of alkyl halides is 1. The molecular weight excluding hydrogens is 208 g/mol. The zero-order valence-electron chi connectivity index (χ0n) is 8.27. The van der Waals surface area contributed by atoms with Gasteiger partial charge in [0.1, 0.15) is 6.10 Å². The van der Waals surface area contributed by atoms with Gasteiger partial charge in [-0.3, -0.25) is 4.79 Å². The molecule has 1 aliphatic heterocycles. The largest absolute Gasteiger partial charge is 0.458 e. The predicted molar refractivity (Wildman–Crippen MR) is 51.0 cm³/mol. The van der Waals surface area contributed by atoms with Crippen molar-refractivity contribution in [1.29, 1.82) is 0 Å². The van der Waals surface area contributed by atoms with E-state index in [1.54, 1.807) is 13.8 Å². The van der Waals surface area contributed by atoms with Crippen molar-refractivity contribution in [3.8, 4) is 0 Å². The number of carbonyl (C=O) groups is 1. The van der Waals surface area contributed by atoms with E-state index in [9.17, 15) is 9.90 Å². The maximum atomic E-state index is 11.1. The van der Waals surface area contributed by atoms with E-state index in [4.69, 9.17) is 21.1 Å². The molecule has 5 heteroatoms. The summed E-state index contributed by atoms with van der Waals surface area (Å²) in [5, 5.41) is 8.83. The molecule has 0 radical (unpaired) electrons. The molecule has 0 saturated carbocycles. The Hall–Kier alpha value is -0.320. The van der Waals surface area contributed by atoms with Gasteiger partial charge in [0.2, 0.25) is 0 Å². The van der Waals surface area contributed by atoms with E-state index in [1.165, 1.54) is 0 Å². The van der Waals surface area contributed by atoms with Crippen LogP contribution in [0, 0.1) is 0 Å². The summed E-state index contributed by atoms with van der Waals surface area (Å²) in [7, 11) is 0. The highest BCUT2D eigenvalue weighted by Crippen LogP contribution is 2.25. The molecule has 14 heavy (non-hydrogen) atoms. The Morgan fingerprint density at radius 3 is 2.86 bits per heavy atom. The van der Waals surface area contributed by atoms with E-state index in [2.05, 4.69) is 0 Å². The number of carbonyl (C=O) groups excluding carboxylic acids is 1. The summed E-state index contributed by atoms with van der Waals surface area (Å²) in [6.07, 6.45) is -1.09. The number of hydrogen-bond acceptors (Lipinski definition) is 4. The molecule has 0 bridgehead atoms. The Bertz CT molecular complexity index is 197. The molecule has 4 atom stereocenters. The zero-order valence-corrected chi connectivity index (χ0v) is 9.03. The first-order chi connectivity index (χ1) is 6.54. The Morgan fingerprint density at radius 1 is 1.71 bits per heavy atom. The van der Waals surface area contributed by atoms with Crippen LogP contribution in [0.15, 0.2) is 0 Å². The van der Waals surface area contributed by atoms with Crippen LogP contribution < -0.4 is 0 Å². The highest BCUT2D eigenvalue weighted by atomic mass is 35.5. The van der Waals surface area contributed by atoms with Crippen LogP contribution in [0.5, 0.6) is 0 Å². The normalized spacial score (nSPS) is 38.0. The van der Waals surface area contributed by atoms with Gasteiger partial charge in [-0.15, -0.1) is 11.6 Å². The van der Waals surface area contributed by atoms with E-state index in [0.717, 1.165) is 0 Å². The second-order valence-corrected chi connectivity index (χ2v) is 3.92. The van der Waals surface area contributed by atoms with E-state index >= 15 is 0 Å². The molecule has 0 aromatic rings. The highest BCUT2D eigenvalue weighted by Gasteiger charge is 2.37. The number of hydrogen-bond donors (Lipinski definition) is 1. The van der Waals surface area contributed by atoms with Gasteiger partial charge in [-0.1, -0.05) is 6.92 Å². The van der Waals surface area contributed by atoms with Crippen LogP contribution in [0.4, 0.5) is 0 Å². The molecule has 0 aromatic carbocycles. The summed E-state index contributed by atoms with van der Waals surface area (Å²) in [6, 6.07) is 0. The Labute approximate surface area is 88.1 Å². The van der Waals surface area contributed by atoms with Crippen LogP contribution in [0.25, 0.3) is 0 Å². The standard InChI is InChI=1S/C9H15ClO4/c1-3-7(11)14-9-5(2)13-8(12)4-6(9)10/h5-6,8-9,12H,3-4H2,1-2H3/t5-,6-,8?,9+/m0/s1. The van der Waals surface area contributed by atoms with Gasteiger partial charge in [0, 0.05) is 12.8 Å². The van der Waals surface area contributed by atoms with Gasteiger partial charge >= 0.3 is 5.97 Å². The third-order valence-electron chi connectivity index (χ3n) is 2.17. The lowest BCUT2D eigenvalue weighted by molar-refractivity contribution is -0.204. The summed E-state index contributed by atoms with van der Waals surface area (Å²) in [4.78, 5) is 11.1. The number of aliphatic hydroxyl groups excluding tert-OH is 1. The highest BCUT2D eigenvalue weighted by molar-refractivity contribution is 6.21. The Kier molecular flexibility index (Phi) is 4.16. The fourth-order valence-corrected chi connectivity index (χ4v) is 1.82. The van der Waals surface area contributed by atoms with E-state index in [0.29, 0.717) is 6.42 Å². The summed E-state index contributed by atoms with van der Waals surface area (Å²) >= 11 is 5.96. The van der Waals surface area contributed by atoms with Crippen molar-refractivity contribution in [3.63, 3.8) is 0 Å². The van der Waals surface area contributed by atoms with E-state index in [-0.39, 0.29) is 23.9 Å². The Morgan fingerprint density at radius 2 is 2.36 bits per heavy atom. The minimum Gasteiger partial charge on any atom is -0.458 e. The molecule has 1 saturated heterocycles. The number of aliphatic hydroxyl groups is 1. The maximum Gasteiger partial charge on any atom is 0.305 e. The van der Waals surface area contributed by atoms with Crippen LogP contribution >= 0.6 is 11.6 Å². The fraction of sp³-hybridized carbons (Fsp3) is 0.889. The first-order valence-electron chi connectivity index (χ1n) is 4.71. The zero-order chi connectivity index (χ0) is 10.7. The lowest BCUT2D eigenvalue weighted by Crippen LogP contribution is -2.46. The molecule has 4 nitrogen and oxygen atoms in total. The van der Waals surface area contributed by atoms with Gasteiger partial charge in [0.05, 0.1) is 11.5 Å². The van der Waals surface area contributed by atoms with Gasteiger partial charge in [-0.2, -0.15) is 0 Å². The number of esters is 1. The van der Waals surface area contributed by atoms with Crippen molar-refractivity contribution < 1.29 is 19.4 Å². The number of halogens is 1. The van der Waals surface area contributed by atoms with Crippen molar-refractivity contribution in [2.75, 3.05) is 0 Å². The summed E-state index contributed by atoms with van der Waals surface area (Å²) in [5.41, 5.74) is 0. The van der Waals surface area contributed by atoms with Crippen LogP contribution in [0.2, 0.25) is 0 Å². The minimum atomic E-state index is -0.857. The lowest BCUT2D eigenvalue weighted by Gasteiger charge is -2.35. The summed E-state index contributed by atoms with van der Waals surface area (Å²) in [6.45, 7) is 3.44. The minimum absolute atomic E-state index is 0.285. The average Bonchev–Trinajstić information content (AvgIpc) is 2.10. The number of ether oxygens (including phenoxy) is 2. The van der Waals surface area contributed by atoms with Crippen molar-refractivity contribution in [2.45, 2.75) is 50.6 Å². The van der Waals surface area contributed by atoms with Crippen molar-refractivity contribution in [1.82, 2.24) is 0 Å². The van der Waals surface area contributed by atoms with Gasteiger partial charge in [-0.25, -0.2) is 0 Å². The molecule has 1 aliphatic rings. The second-order valence-electron chi connectivity index (χ2n) is 3.36. The van der Waals surface area contributed by atoms with Crippen molar-refractivity contribution in [2.24, 2.45) is 0 Å². The van der Waals surface area contributed by atoms with Gasteiger partial charge in [-0.05, 0) is 6.92 Å². The van der Waals surface area contributed by atoms with Gasteiger partial charge in [0.25, 0.3) is 0 Å². The smallest absolute Gasteiger partial charge is 0.305 e. The number of rotatable bonds is 2. The third-order valence-corrected chi connectivity index (χ3v) is 2.60. The van der Waals surface area contributed by atoms with Gasteiger partial charge < -0.3 is 14.6 Å². The average molecular weight is 223 g/mol. The van der Waals surface area contributed by atoms with Gasteiger partial charge in [0.15, 0.2) is 6.29 Å². The molecule has 0 aromatic heterocycles. The van der Waals surface area contributed by atoms with Crippen LogP contribution in [0.3, 0.4) is 0 Å². The quantitative estimate of drug-likeness (QED) is 0.561. The van der Waals surface area contributed by atoms with Crippen LogP contribution in [-0.4, -0.2) is 35.0 Å². The van der Waals surface area contributed by atoms with E-state index < -0.39 is 12.4 Å².